The van der Waals surface area contributed by atoms with Crippen LogP contribution in [0.4, 0.5) is 5.69 Å². The number of carbonyl (C=O) groups is 2. The molecule has 2 aromatic carbocycles. The van der Waals surface area contributed by atoms with Gasteiger partial charge in [-0.15, -0.1) is 0 Å². The van der Waals surface area contributed by atoms with Crippen LogP contribution in [0.15, 0.2) is 54.6 Å². The average molecular weight is 382 g/mol. The number of non-ortho nitro benzene ring substituents is 1. The van der Waals surface area contributed by atoms with Gasteiger partial charge in [-0.25, -0.2) is 0 Å². The second-order valence-electron chi connectivity index (χ2n) is 6.63. The molecule has 0 unspecified atom stereocenters. The summed E-state index contributed by atoms with van der Waals surface area (Å²) in [5.74, 6) is -0.193. The van der Waals surface area contributed by atoms with E-state index >= 15 is 0 Å². The highest BCUT2D eigenvalue weighted by Crippen LogP contribution is 2.14. The summed E-state index contributed by atoms with van der Waals surface area (Å²) in [6, 6.07) is 15.3. The van der Waals surface area contributed by atoms with Gasteiger partial charge in [0.15, 0.2) is 0 Å². The third-order valence-electron chi connectivity index (χ3n) is 4.68. The van der Waals surface area contributed by atoms with E-state index in [1.54, 1.807) is 4.90 Å². The van der Waals surface area contributed by atoms with Gasteiger partial charge in [0.1, 0.15) is 0 Å². The van der Waals surface area contributed by atoms with Gasteiger partial charge < -0.3 is 10.2 Å². The largest absolute Gasteiger partial charge is 0.351 e. The molecule has 1 aliphatic rings. The Bertz CT molecular complexity index is 831. The predicted molar refractivity (Wildman–Crippen MR) is 104 cm³/mol. The topological polar surface area (TPSA) is 95.8 Å². The van der Waals surface area contributed by atoms with Crippen LogP contribution in [0.5, 0.6) is 0 Å². The molecule has 28 heavy (non-hydrogen) atoms. The Labute approximate surface area is 162 Å². The Hall–Kier alpha value is -3.26. The molecule has 1 saturated heterocycles. The maximum Gasteiger partial charge on any atom is 0.269 e. The molecule has 2 amide bonds. The smallest absolute Gasteiger partial charge is 0.269 e. The predicted octanol–water partition coefficient (Wildman–Crippen LogP) is 1.67. The number of rotatable bonds is 6. The van der Waals surface area contributed by atoms with Crippen molar-refractivity contribution < 1.29 is 14.5 Å². The fourth-order valence-electron chi connectivity index (χ4n) is 3.07. The van der Waals surface area contributed by atoms with Crippen LogP contribution in [-0.4, -0.2) is 59.3 Å². The van der Waals surface area contributed by atoms with Crippen LogP contribution in [0.2, 0.25) is 0 Å². The first kappa shape index (κ1) is 19.5. The van der Waals surface area contributed by atoms with Gasteiger partial charge in [0.2, 0.25) is 5.91 Å². The van der Waals surface area contributed by atoms with E-state index in [0.29, 0.717) is 44.8 Å². The second kappa shape index (κ2) is 9.09. The number of carbonyl (C=O) groups excluding carboxylic acids is 2. The number of benzene rings is 2. The van der Waals surface area contributed by atoms with E-state index < -0.39 is 4.92 Å². The van der Waals surface area contributed by atoms with Crippen LogP contribution in [0.3, 0.4) is 0 Å². The first-order valence-corrected chi connectivity index (χ1v) is 9.09. The fraction of sp³-hybridized carbons (Fsp3) is 0.300. The highest BCUT2D eigenvalue weighted by atomic mass is 16.6. The van der Waals surface area contributed by atoms with E-state index in [4.69, 9.17) is 0 Å². The molecule has 146 valence electrons. The molecule has 0 spiro atoms. The van der Waals surface area contributed by atoms with Gasteiger partial charge in [0.25, 0.3) is 11.6 Å². The van der Waals surface area contributed by atoms with Crippen molar-refractivity contribution in [2.24, 2.45) is 0 Å². The molecule has 0 atom stereocenters. The molecular weight excluding hydrogens is 360 g/mol. The lowest BCUT2D eigenvalue weighted by atomic mass is 10.1. The second-order valence-corrected chi connectivity index (χ2v) is 6.63. The number of piperazine rings is 1. The van der Waals surface area contributed by atoms with Gasteiger partial charge in [0.05, 0.1) is 11.5 Å². The zero-order valence-corrected chi connectivity index (χ0v) is 15.4. The van der Waals surface area contributed by atoms with E-state index in [0.717, 1.165) is 5.56 Å². The van der Waals surface area contributed by atoms with Crippen LogP contribution in [-0.2, 0) is 11.3 Å². The van der Waals surface area contributed by atoms with Crippen molar-refractivity contribution in [3.63, 3.8) is 0 Å². The summed E-state index contributed by atoms with van der Waals surface area (Å²) in [4.78, 5) is 38.6. The first-order chi connectivity index (χ1) is 13.5. The van der Waals surface area contributed by atoms with Crippen molar-refractivity contribution >= 4 is 17.5 Å². The molecule has 0 radical (unpaired) electrons. The van der Waals surface area contributed by atoms with Crippen molar-refractivity contribution in [1.29, 1.82) is 0 Å². The minimum atomic E-state index is -0.490. The third-order valence-corrected chi connectivity index (χ3v) is 4.68. The van der Waals surface area contributed by atoms with Gasteiger partial charge in [-0.3, -0.25) is 24.6 Å². The lowest BCUT2D eigenvalue weighted by Crippen LogP contribution is -2.51. The molecule has 1 heterocycles. The number of nitro benzene ring substituents is 1. The van der Waals surface area contributed by atoms with Crippen LogP contribution >= 0.6 is 0 Å². The lowest BCUT2D eigenvalue weighted by molar-refractivity contribution is -0.384. The molecular formula is C20H22N4O4. The van der Waals surface area contributed by atoms with Gasteiger partial charge >= 0.3 is 0 Å². The van der Waals surface area contributed by atoms with E-state index in [2.05, 4.69) is 5.32 Å². The Morgan fingerprint density at radius 2 is 1.61 bits per heavy atom. The van der Waals surface area contributed by atoms with Crippen molar-refractivity contribution in [2.45, 2.75) is 6.54 Å². The first-order valence-electron chi connectivity index (χ1n) is 9.09. The lowest BCUT2D eigenvalue weighted by Gasteiger charge is -2.34. The summed E-state index contributed by atoms with van der Waals surface area (Å²) in [5.41, 5.74) is 1.44. The molecule has 1 aliphatic heterocycles. The normalized spacial score (nSPS) is 14.5. The zero-order valence-electron chi connectivity index (χ0n) is 15.4. The summed E-state index contributed by atoms with van der Waals surface area (Å²) >= 11 is 0. The summed E-state index contributed by atoms with van der Waals surface area (Å²) in [6.45, 7) is 3.04. The number of hydrogen-bond acceptors (Lipinski definition) is 5. The molecule has 2 aromatic rings. The molecule has 0 bridgehead atoms. The van der Waals surface area contributed by atoms with Crippen LogP contribution in [0.1, 0.15) is 15.9 Å². The summed E-state index contributed by atoms with van der Waals surface area (Å²) < 4.78 is 0. The molecule has 1 N–H and O–H groups in total. The van der Waals surface area contributed by atoms with Crippen LogP contribution in [0.25, 0.3) is 0 Å². The zero-order chi connectivity index (χ0) is 19.9. The van der Waals surface area contributed by atoms with Crippen molar-refractivity contribution in [3.05, 3.63) is 75.8 Å². The van der Waals surface area contributed by atoms with Crippen LogP contribution in [0, 0.1) is 10.1 Å². The number of amides is 2. The Balaban J connectivity index is 1.44. The number of nitrogens with one attached hydrogen (secondary N) is 1. The molecule has 0 aromatic heterocycles. The van der Waals surface area contributed by atoms with Crippen LogP contribution < -0.4 is 5.32 Å². The summed E-state index contributed by atoms with van der Waals surface area (Å²) in [7, 11) is 0. The molecule has 3 rings (SSSR count). The molecule has 0 saturated carbocycles. The Morgan fingerprint density at radius 1 is 0.964 bits per heavy atom. The minimum absolute atomic E-state index is 0.0390. The summed E-state index contributed by atoms with van der Waals surface area (Å²) in [5, 5.41) is 13.6. The number of hydrogen-bond donors (Lipinski definition) is 1. The van der Waals surface area contributed by atoms with Gasteiger partial charge in [-0.05, 0) is 17.7 Å². The maximum atomic E-state index is 12.5. The molecule has 8 nitrogen and oxygen atoms in total. The van der Waals surface area contributed by atoms with Crippen molar-refractivity contribution in [1.82, 2.24) is 15.1 Å². The van der Waals surface area contributed by atoms with Gasteiger partial charge in [-0.1, -0.05) is 30.3 Å². The van der Waals surface area contributed by atoms with E-state index in [1.807, 2.05) is 35.2 Å². The monoisotopic (exact) mass is 382 g/mol. The average Bonchev–Trinajstić information content (AvgIpc) is 2.73. The number of nitrogens with zero attached hydrogens (tertiary/aromatic N) is 3. The van der Waals surface area contributed by atoms with E-state index in [9.17, 15) is 19.7 Å². The standard InChI is InChI=1S/C20H22N4O4/c25-19(21-14-16-4-2-1-3-5-16)15-22-10-12-23(13-11-22)20(26)17-6-8-18(9-7-17)24(27)28/h1-9H,10-15H2,(H,21,25). The van der Waals surface area contributed by atoms with E-state index in [1.165, 1.54) is 24.3 Å². The number of nitro groups is 1. The van der Waals surface area contributed by atoms with Gasteiger partial charge in [0, 0.05) is 50.4 Å². The maximum absolute atomic E-state index is 12.5. The highest BCUT2D eigenvalue weighted by Gasteiger charge is 2.23. The quantitative estimate of drug-likeness (QED) is 0.606. The Kier molecular flexibility index (Phi) is 6.33. The fourth-order valence-corrected chi connectivity index (χ4v) is 3.07. The Morgan fingerprint density at radius 3 is 2.21 bits per heavy atom. The molecule has 0 aliphatic carbocycles. The summed E-state index contributed by atoms with van der Waals surface area (Å²) in [6.07, 6.45) is 0. The molecule has 8 heteroatoms. The minimum Gasteiger partial charge on any atom is -0.351 e. The highest BCUT2D eigenvalue weighted by molar-refractivity contribution is 5.94. The van der Waals surface area contributed by atoms with Crippen molar-refractivity contribution in [3.8, 4) is 0 Å². The van der Waals surface area contributed by atoms with Crippen molar-refractivity contribution in [2.75, 3.05) is 32.7 Å². The third kappa shape index (κ3) is 5.14. The van der Waals surface area contributed by atoms with E-state index in [-0.39, 0.29) is 17.5 Å². The van der Waals surface area contributed by atoms with Gasteiger partial charge in [-0.2, -0.15) is 0 Å². The SMILES string of the molecule is O=C(CN1CCN(C(=O)c2ccc([N+](=O)[O-])cc2)CC1)NCc1ccccc1. The molecule has 1 fully saturated rings.